The van der Waals surface area contributed by atoms with Crippen molar-refractivity contribution in [1.29, 1.82) is 0 Å². The molecule has 2 bridgehead atoms. The van der Waals surface area contributed by atoms with E-state index < -0.39 is 0 Å². The van der Waals surface area contributed by atoms with Crippen molar-refractivity contribution in [3.05, 3.63) is 63.1 Å². The molecule has 0 radical (unpaired) electrons. The molecule has 3 atom stereocenters. The summed E-state index contributed by atoms with van der Waals surface area (Å²) in [5.41, 5.74) is 3.74. The van der Waals surface area contributed by atoms with Crippen molar-refractivity contribution in [2.45, 2.75) is 51.7 Å². The first-order valence-corrected chi connectivity index (χ1v) is 10.9. The lowest BCUT2D eigenvalue weighted by Crippen LogP contribution is -2.41. The number of morpholine rings is 1. The number of aromatic nitrogens is 1. The topological polar surface area (TPSA) is 86.8 Å². The Kier molecular flexibility index (Phi) is 5.96. The van der Waals surface area contributed by atoms with Gasteiger partial charge in [-0.1, -0.05) is 13.8 Å². The smallest absolute Gasteiger partial charge is 0.259 e. The summed E-state index contributed by atoms with van der Waals surface area (Å²) in [5.74, 6) is 0.810. The monoisotopic (exact) mass is 422 g/mol. The van der Waals surface area contributed by atoms with Crippen LogP contribution in [0.5, 0.6) is 0 Å². The Morgan fingerprint density at radius 1 is 1.39 bits per heavy atom. The van der Waals surface area contributed by atoms with Crippen LogP contribution < -0.4 is 10.9 Å². The van der Waals surface area contributed by atoms with Crippen LogP contribution in [0.25, 0.3) is 0 Å². The van der Waals surface area contributed by atoms with Gasteiger partial charge in [-0.05, 0) is 61.1 Å². The molecule has 4 rings (SSSR count). The molecule has 1 aromatic carbocycles. The van der Waals surface area contributed by atoms with Crippen molar-refractivity contribution in [3.63, 3.8) is 0 Å². The molecular formula is C24H30N4O3. The fraction of sp³-hybridized carbons (Fsp3) is 0.458. The van der Waals surface area contributed by atoms with E-state index in [1.54, 1.807) is 13.2 Å². The average Bonchev–Trinajstić information content (AvgIpc) is 3.40. The fourth-order valence-electron chi connectivity index (χ4n) is 4.52. The van der Waals surface area contributed by atoms with Gasteiger partial charge in [-0.2, -0.15) is 0 Å². The Hall–Kier alpha value is -2.93. The maximum Gasteiger partial charge on any atom is 0.259 e. The van der Waals surface area contributed by atoms with Crippen molar-refractivity contribution < 1.29 is 9.53 Å². The standard InChI is InChI=1S/C24H30N4O3/c1-5-14(2)19-8-9-26-23(29)21(19)22(25-4)27-16-6-7-20(15(3)10-16)24(30)28-12-18-11-17(28)13-31-18/h6-10,14,17-18H,5,11-13H2,1-4H3,(H,25,27)(H,26,29). The Labute approximate surface area is 182 Å². The highest BCUT2D eigenvalue weighted by molar-refractivity contribution is 6.09. The van der Waals surface area contributed by atoms with E-state index in [-0.39, 0.29) is 29.5 Å². The molecule has 0 aliphatic carbocycles. The summed E-state index contributed by atoms with van der Waals surface area (Å²) in [7, 11) is 1.67. The van der Waals surface area contributed by atoms with Crippen LogP contribution in [0.15, 0.2) is 40.2 Å². The molecule has 3 unspecified atom stereocenters. The number of H-pyrrole nitrogens is 1. The number of aliphatic imine (C=N–C) groups is 1. The fourth-order valence-corrected chi connectivity index (χ4v) is 4.52. The highest BCUT2D eigenvalue weighted by Crippen LogP contribution is 2.30. The number of aryl methyl sites for hydroxylation is 1. The molecule has 2 aromatic rings. The van der Waals surface area contributed by atoms with E-state index in [9.17, 15) is 9.59 Å². The largest absolute Gasteiger partial charge is 0.374 e. The molecule has 164 valence electrons. The molecule has 2 N–H and O–H groups in total. The quantitative estimate of drug-likeness (QED) is 0.572. The number of carbonyl (C=O) groups is 1. The van der Waals surface area contributed by atoms with Crippen molar-refractivity contribution in [3.8, 4) is 0 Å². The van der Waals surface area contributed by atoms with Crippen LogP contribution in [0.2, 0.25) is 0 Å². The molecule has 2 saturated heterocycles. The number of benzene rings is 1. The number of nitrogens with zero attached hydrogens (tertiary/aromatic N) is 2. The van der Waals surface area contributed by atoms with Crippen LogP contribution in [0, 0.1) is 6.92 Å². The number of likely N-dealkylation sites (tertiary alicyclic amines) is 1. The first-order chi connectivity index (χ1) is 14.9. The van der Waals surface area contributed by atoms with Gasteiger partial charge in [0.15, 0.2) is 0 Å². The molecule has 2 aliphatic heterocycles. The second kappa shape index (κ2) is 8.67. The van der Waals surface area contributed by atoms with Gasteiger partial charge in [-0.15, -0.1) is 0 Å². The van der Waals surface area contributed by atoms with Gasteiger partial charge in [-0.25, -0.2) is 0 Å². The van der Waals surface area contributed by atoms with Gasteiger partial charge in [0.1, 0.15) is 5.84 Å². The van der Waals surface area contributed by atoms with Crippen LogP contribution in [0.3, 0.4) is 0 Å². The van der Waals surface area contributed by atoms with E-state index in [4.69, 9.17) is 4.74 Å². The number of hydrogen-bond acceptors (Lipinski definition) is 4. The van der Waals surface area contributed by atoms with E-state index in [2.05, 4.69) is 29.1 Å². The molecule has 31 heavy (non-hydrogen) atoms. The van der Waals surface area contributed by atoms with Crippen molar-refractivity contribution >= 4 is 17.4 Å². The lowest BCUT2D eigenvalue weighted by atomic mass is 9.94. The lowest BCUT2D eigenvalue weighted by Gasteiger charge is -2.27. The molecular weight excluding hydrogens is 392 g/mol. The number of anilines is 1. The third-order valence-corrected chi connectivity index (χ3v) is 6.48. The molecule has 0 spiro atoms. The molecule has 1 aromatic heterocycles. The Morgan fingerprint density at radius 2 is 2.19 bits per heavy atom. The number of amides is 1. The van der Waals surface area contributed by atoms with Crippen LogP contribution in [0.4, 0.5) is 5.69 Å². The van der Waals surface area contributed by atoms with Crippen LogP contribution in [0.1, 0.15) is 59.7 Å². The molecule has 2 fully saturated rings. The second-order valence-corrected chi connectivity index (χ2v) is 8.48. The number of ether oxygens (including phenoxy) is 1. The van der Waals surface area contributed by atoms with E-state index >= 15 is 0 Å². The lowest BCUT2D eigenvalue weighted by molar-refractivity contribution is 0.0258. The zero-order chi connectivity index (χ0) is 22.1. The SMILES string of the molecule is CCC(C)c1cc[nH]c(=O)c1/C(=N\C)Nc1ccc(C(=O)N2CC3CC2CO3)c(C)c1. The molecule has 1 amide bonds. The number of rotatable bonds is 5. The van der Waals surface area contributed by atoms with Crippen LogP contribution in [-0.4, -0.2) is 54.0 Å². The summed E-state index contributed by atoms with van der Waals surface area (Å²) in [5, 5.41) is 3.29. The number of pyridine rings is 1. The minimum absolute atomic E-state index is 0.0581. The van der Waals surface area contributed by atoms with E-state index in [1.165, 1.54) is 0 Å². The number of carbonyl (C=O) groups excluding carboxylic acids is 1. The van der Waals surface area contributed by atoms with Gasteiger partial charge >= 0.3 is 0 Å². The Bertz CT molecular complexity index is 1070. The predicted octanol–water partition coefficient (Wildman–Crippen LogP) is 3.30. The van der Waals surface area contributed by atoms with Gasteiger partial charge in [0, 0.05) is 31.0 Å². The minimum atomic E-state index is -0.166. The maximum absolute atomic E-state index is 13.0. The van der Waals surface area contributed by atoms with Gasteiger partial charge in [0.25, 0.3) is 11.5 Å². The Morgan fingerprint density at radius 3 is 2.81 bits per heavy atom. The molecule has 3 heterocycles. The van der Waals surface area contributed by atoms with Gasteiger partial charge < -0.3 is 19.9 Å². The van der Waals surface area contributed by atoms with E-state index in [1.807, 2.05) is 36.1 Å². The summed E-state index contributed by atoms with van der Waals surface area (Å²) in [6.07, 6.45) is 3.72. The number of hydrogen-bond donors (Lipinski definition) is 2. The normalized spacial score (nSPS) is 21.4. The second-order valence-electron chi connectivity index (χ2n) is 8.48. The van der Waals surface area contributed by atoms with Gasteiger partial charge in [0.05, 0.1) is 24.3 Å². The molecule has 0 saturated carbocycles. The van der Waals surface area contributed by atoms with E-state index in [0.29, 0.717) is 30.1 Å². The predicted molar refractivity (Wildman–Crippen MR) is 122 cm³/mol. The van der Waals surface area contributed by atoms with Crippen LogP contribution in [-0.2, 0) is 4.74 Å². The van der Waals surface area contributed by atoms with Crippen molar-refractivity contribution in [2.24, 2.45) is 4.99 Å². The minimum Gasteiger partial charge on any atom is -0.374 e. The number of aromatic amines is 1. The number of amidine groups is 1. The Balaban J connectivity index is 1.58. The first kappa shape index (κ1) is 21.3. The number of nitrogens with one attached hydrogen (secondary N) is 2. The summed E-state index contributed by atoms with van der Waals surface area (Å²) in [6.45, 7) is 7.45. The highest BCUT2D eigenvalue weighted by Gasteiger charge is 2.41. The summed E-state index contributed by atoms with van der Waals surface area (Å²) < 4.78 is 5.61. The molecule has 7 nitrogen and oxygen atoms in total. The zero-order valence-electron chi connectivity index (χ0n) is 18.6. The maximum atomic E-state index is 13.0. The van der Waals surface area contributed by atoms with Crippen molar-refractivity contribution in [2.75, 3.05) is 25.5 Å². The third kappa shape index (κ3) is 4.02. The van der Waals surface area contributed by atoms with Gasteiger partial charge in [-0.3, -0.25) is 14.6 Å². The summed E-state index contributed by atoms with van der Waals surface area (Å²) >= 11 is 0. The highest BCUT2D eigenvalue weighted by atomic mass is 16.5. The third-order valence-electron chi connectivity index (χ3n) is 6.48. The van der Waals surface area contributed by atoms with Crippen LogP contribution >= 0.6 is 0 Å². The van der Waals surface area contributed by atoms with E-state index in [0.717, 1.165) is 29.7 Å². The number of fused-ring (bicyclic) bond motifs is 2. The molecule has 2 aliphatic rings. The first-order valence-electron chi connectivity index (χ1n) is 10.9. The summed E-state index contributed by atoms with van der Waals surface area (Å²) in [6, 6.07) is 7.79. The van der Waals surface area contributed by atoms with Gasteiger partial charge in [0.2, 0.25) is 0 Å². The molecule has 7 heteroatoms. The van der Waals surface area contributed by atoms with Crippen molar-refractivity contribution in [1.82, 2.24) is 9.88 Å². The zero-order valence-corrected chi connectivity index (χ0v) is 18.6. The average molecular weight is 423 g/mol. The summed E-state index contributed by atoms with van der Waals surface area (Å²) in [4.78, 5) is 34.7.